The second-order valence-electron chi connectivity index (χ2n) is 8.64. The van der Waals surface area contributed by atoms with Gasteiger partial charge in [0.15, 0.2) is 0 Å². The Hall–Kier alpha value is -3.73. The summed E-state index contributed by atoms with van der Waals surface area (Å²) in [5, 5.41) is 0. The molecule has 0 aliphatic rings. The van der Waals surface area contributed by atoms with Crippen LogP contribution in [0.5, 0.6) is 23.0 Å². The number of ether oxygens (including phenoxy) is 2. The summed E-state index contributed by atoms with van der Waals surface area (Å²) in [5.41, 5.74) is 0.367. The zero-order chi connectivity index (χ0) is 25.1. The Balaban J connectivity index is 1.63. The summed E-state index contributed by atoms with van der Waals surface area (Å²) < 4.78 is 55.6. The highest BCUT2D eigenvalue weighted by Gasteiger charge is 2.55. The average Bonchev–Trinajstić information content (AvgIpc) is 2.84. The van der Waals surface area contributed by atoms with Gasteiger partial charge < -0.3 is 9.47 Å². The summed E-state index contributed by atoms with van der Waals surface area (Å²) in [7, 11) is 0. The summed E-state index contributed by atoms with van der Waals surface area (Å²) in [4.78, 5) is 0. The lowest BCUT2D eigenvalue weighted by Crippen LogP contribution is -2.42. The van der Waals surface area contributed by atoms with Crippen molar-refractivity contribution in [2.75, 3.05) is 0 Å². The van der Waals surface area contributed by atoms with Crippen LogP contribution >= 0.6 is 0 Å². The maximum absolute atomic E-state index is 14.7. The molecular weight excluding hydrogens is 449 g/mol. The van der Waals surface area contributed by atoms with Gasteiger partial charge in [-0.15, -0.1) is 0 Å². The summed E-state index contributed by atoms with van der Waals surface area (Å²) in [6.45, 7) is 5.50. The fraction of sp³-hybridized carbons (Fsp3) is 0.200. The van der Waals surface area contributed by atoms with E-state index in [0.29, 0.717) is 23.0 Å². The zero-order valence-electron chi connectivity index (χ0n) is 19.9. The van der Waals surface area contributed by atoms with Gasteiger partial charge in [-0.2, -0.15) is 13.2 Å². The third kappa shape index (κ3) is 5.19. The van der Waals surface area contributed by atoms with E-state index in [4.69, 9.17) is 9.47 Å². The Morgan fingerprint density at radius 3 is 1.06 bits per heavy atom. The number of halogens is 3. The molecule has 2 nitrogen and oxygen atoms in total. The third-order valence-electron chi connectivity index (χ3n) is 6.22. The van der Waals surface area contributed by atoms with Crippen molar-refractivity contribution in [1.82, 2.24) is 0 Å². The van der Waals surface area contributed by atoms with Crippen molar-refractivity contribution >= 4 is 0 Å². The van der Waals surface area contributed by atoms with E-state index in [1.165, 1.54) is 24.3 Å². The largest absolute Gasteiger partial charge is 0.457 e. The fourth-order valence-corrected chi connectivity index (χ4v) is 4.20. The predicted molar refractivity (Wildman–Crippen MR) is 133 cm³/mol. The minimum Gasteiger partial charge on any atom is -0.457 e. The second-order valence-corrected chi connectivity index (χ2v) is 8.64. The molecule has 0 atom stereocenters. The van der Waals surface area contributed by atoms with Crippen LogP contribution in [-0.2, 0) is 5.41 Å². The fourth-order valence-electron chi connectivity index (χ4n) is 4.20. The summed E-state index contributed by atoms with van der Waals surface area (Å²) in [6, 6.07) is 27.3. The van der Waals surface area contributed by atoms with Gasteiger partial charge in [-0.05, 0) is 79.9 Å². The molecule has 0 saturated carbocycles. The van der Waals surface area contributed by atoms with Crippen LogP contribution < -0.4 is 9.47 Å². The van der Waals surface area contributed by atoms with Crippen molar-refractivity contribution in [3.05, 3.63) is 119 Å². The van der Waals surface area contributed by atoms with Crippen LogP contribution in [0.25, 0.3) is 0 Å². The van der Waals surface area contributed by atoms with Gasteiger partial charge in [-0.25, -0.2) is 0 Å². The SMILES string of the molecule is CCC(c1ccc(Oc2ccc(C)cc2)cc1)(c1ccc(Oc2ccc(C)cc2)cc1)C(F)(F)F. The van der Waals surface area contributed by atoms with Crippen molar-refractivity contribution < 1.29 is 22.6 Å². The molecule has 0 aliphatic carbocycles. The molecule has 0 aromatic heterocycles. The second kappa shape index (κ2) is 9.87. The van der Waals surface area contributed by atoms with E-state index in [2.05, 4.69) is 0 Å². The molecule has 0 N–H and O–H groups in total. The van der Waals surface area contributed by atoms with Crippen LogP contribution in [0.15, 0.2) is 97.1 Å². The van der Waals surface area contributed by atoms with Crippen LogP contribution in [0.4, 0.5) is 13.2 Å². The number of rotatable bonds is 7. The highest BCUT2D eigenvalue weighted by atomic mass is 19.4. The number of alkyl halides is 3. The minimum atomic E-state index is -4.50. The lowest BCUT2D eigenvalue weighted by Gasteiger charge is -2.36. The molecule has 0 fully saturated rings. The van der Waals surface area contributed by atoms with E-state index in [-0.39, 0.29) is 17.5 Å². The van der Waals surface area contributed by atoms with Gasteiger partial charge in [0, 0.05) is 0 Å². The first-order valence-corrected chi connectivity index (χ1v) is 11.5. The van der Waals surface area contributed by atoms with Gasteiger partial charge in [-0.3, -0.25) is 0 Å². The molecule has 4 rings (SSSR count). The monoisotopic (exact) mass is 476 g/mol. The van der Waals surface area contributed by atoms with Crippen LogP contribution in [0.2, 0.25) is 0 Å². The molecule has 4 aromatic carbocycles. The zero-order valence-corrected chi connectivity index (χ0v) is 19.9. The van der Waals surface area contributed by atoms with Crippen molar-refractivity contribution in [3.63, 3.8) is 0 Å². The van der Waals surface area contributed by atoms with E-state index >= 15 is 0 Å². The smallest absolute Gasteiger partial charge is 0.402 e. The van der Waals surface area contributed by atoms with Gasteiger partial charge >= 0.3 is 6.18 Å². The molecule has 35 heavy (non-hydrogen) atoms. The topological polar surface area (TPSA) is 18.5 Å². The molecular formula is C30H27F3O2. The quantitative estimate of drug-likeness (QED) is 0.265. The molecule has 0 unspecified atom stereocenters. The lowest BCUT2D eigenvalue weighted by molar-refractivity contribution is -0.179. The highest BCUT2D eigenvalue weighted by molar-refractivity contribution is 5.46. The Morgan fingerprint density at radius 1 is 0.514 bits per heavy atom. The molecule has 0 bridgehead atoms. The maximum atomic E-state index is 14.7. The van der Waals surface area contributed by atoms with Gasteiger partial charge in [0.05, 0.1) is 0 Å². The molecule has 0 aliphatic heterocycles. The minimum absolute atomic E-state index is 0.146. The van der Waals surface area contributed by atoms with E-state index in [1.807, 2.05) is 62.4 Å². The average molecular weight is 477 g/mol. The van der Waals surface area contributed by atoms with Crippen molar-refractivity contribution in [3.8, 4) is 23.0 Å². The molecule has 0 saturated heterocycles. The third-order valence-corrected chi connectivity index (χ3v) is 6.22. The molecule has 180 valence electrons. The molecule has 0 spiro atoms. The van der Waals surface area contributed by atoms with Crippen molar-refractivity contribution in [1.29, 1.82) is 0 Å². The molecule has 0 radical (unpaired) electrons. The Labute approximate surface area is 204 Å². The van der Waals surface area contributed by atoms with Crippen LogP contribution in [0.3, 0.4) is 0 Å². The first kappa shape index (κ1) is 24.4. The lowest BCUT2D eigenvalue weighted by atomic mass is 9.71. The van der Waals surface area contributed by atoms with E-state index in [9.17, 15) is 13.2 Å². The number of hydrogen-bond acceptors (Lipinski definition) is 2. The number of hydrogen-bond donors (Lipinski definition) is 0. The van der Waals surface area contributed by atoms with Crippen molar-refractivity contribution in [2.45, 2.75) is 38.8 Å². The molecule has 0 amide bonds. The molecule has 5 heteroatoms. The first-order chi connectivity index (χ1) is 16.7. The molecule has 0 heterocycles. The van der Waals surface area contributed by atoms with Gasteiger partial charge in [0.1, 0.15) is 28.4 Å². The highest BCUT2D eigenvalue weighted by Crippen LogP contribution is 2.49. The van der Waals surface area contributed by atoms with E-state index < -0.39 is 11.6 Å². The van der Waals surface area contributed by atoms with Crippen LogP contribution in [-0.4, -0.2) is 6.18 Å². The van der Waals surface area contributed by atoms with Crippen LogP contribution in [0.1, 0.15) is 35.6 Å². The predicted octanol–water partition coefficient (Wildman–Crippen LogP) is 9.15. The van der Waals surface area contributed by atoms with Gasteiger partial charge in [-0.1, -0.05) is 66.6 Å². The summed E-state index contributed by atoms with van der Waals surface area (Å²) >= 11 is 0. The maximum Gasteiger partial charge on any atom is 0.402 e. The number of benzene rings is 4. The first-order valence-electron chi connectivity index (χ1n) is 11.5. The van der Waals surface area contributed by atoms with Gasteiger partial charge in [0.2, 0.25) is 0 Å². The normalized spacial score (nSPS) is 11.8. The summed E-state index contributed by atoms with van der Waals surface area (Å²) in [5.74, 6) is 2.22. The van der Waals surface area contributed by atoms with E-state index in [0.717, 1.165) is 11.1 Å². The van der Waals surface area contributed by atoms with Crippen LogP contribution in [0, 0.1) is 13.8 Å². The van der Waals surface area contributed by atoms with E-state index in [1.54, 1.807) is 31.2 Å². The standard InChI is InChI=1S/C30H27F3O2/c1-4-29(30(31,32)33,23-9-17-27(18-10-23)34-25-13-5-21(2)6-14-25)24-11-19-28(20-12-24)35-26-15-7-22(3)8-16-26/h5-20H,4H2,1-3H3. The Morgan fingerprint density at radius 2 is 0.800 bits per heavy atom. The summed E-state index contributed by atoms with van der Waals surface area (Å²) in [6.07, 6.45) is -4.65. The Bertz CT molecular complexity index is 1150. The van der Waals surface area contributed by atoms with Gasteiger partial charge in [0.25, 0.3) is 0 Å². The Kier molecular flexibility index (Phi) is 6.88. The number of aryl methyl sites for hydroxylation is 2. The molecule has 4 aromatic rings. The van der Waals surface area contributed by atoms with Crippen molar-refractivity contribution in [2.24, 2.45) is 0 Å².